The molecular weight excluding hydrogens is 369 g/mol. The van der Waals surface area contributed by atoms with Crippen LogP contribution in [0, 0.1) is 0 Å². The lowest BCUT2D eigenvalue weighted by atomic mass is 10.2. The minimum atomic E-state index is -4.68. The van der Waals surface area contributed by atoms with Crippen LogP contribution in [-0.2, 0) is 26.2 Å². The van der Waals surface area contributed by atoms with Crippen LogP contribution >= 0.6 is 0 Å². The van der Waals surface area contributed by atoms with Gasteiger partial charge in [0.2, 0.25) is 10.0 Å². The molecule has 0 aliphatic carbocycles. The van der Waals surface area contributed by atoms with Crippen molar-refractivity contribution >= 4 is 25.7 Å². The number of sulfonamides is 2. The Hall–Kier alpha value is -2.11. The molecule has 0 amide bonds. The van der Waals surface area contributed by atoms with Gasteiger partial charge >= 0.3 is 6.18 Å². The van der Waals surface area contributed by atoms with Crippen LogP contribution in [0.5, 0.6) is 0 Å². The molecule has 6 nitrogen and oxygen atoms in total. The number of anilines is 1. The standard InChI is InChI=1S/C13H11F3N2O4S2/c14-13(15,16)9-2-1-3-12(8-9)24(21,22)18-10-4-6-11(7-5-10)23(17,19)20/h1-8,18H,(H2,17,19,20). The number of nitrogens with two attached hydrogens (primary N) is 1. The topological polar surface area (TPSA) is 106 Å². The minimum Gasteiger partial charge on any atom is -0.280 e. The smallest absolute Gasteiger partial charge is 0.280 e. The normalized spacial score (nSPS) is 12.8. The van der Waals surface area contributed by atoms with Crippen molar-refractivity contribution in [1.82, 2.24) is 0 Å². The molecule has 0 aliphatic heterocycles. The van der Waals surface area contributed by atoms with E-state index in [0.29, 0.717) is 6.07 Å². The summed E-state index contributed by atoms with van der Waals surface area (Å²) >= 11 is 0. The highest BCUT2D eigenvalue weighted by Gasteiger charge is 2.31. The summed E-state index contributed by atoms with van der Waals surface area (Å²) in [5.74, 6) is 0. The zero-order chi connectivity index (χ0) is 18.2. The third kappa shape index (κ3) is 4.24. The molecule has 0 radical (unpaired) electrons. The van der Waals surface area contributed by atoms with Crippen molar-refractivity contribution in [3.8, 4) is 0 Å². The van der Waals surface area contributed by atoms with Crippen molar-refractivity contribution in [1.29, 1.82) is 0 Å². The van der Waals surface area contributed by atoms with Gasteiger partial charge in [-0.25, -0.2) is 22.0 Å². The molecule has 0 bridgehead atoms. The Morgan fingerprint density at radius 3 is 1.96 bits per heavy atom. The Morgan fingerprint density at radius 2 is 1.46 bits per heavy atom. The molecule has 0 atom stereocenters. The SMILES string of the molecule is NS(=O)(=O)c1ccc(NS(=O)(=O)c2cccc(C(F)(F)F)c2)cc1. The van der Waals surface area contributed by atoms with Crippen molar-refractivity contribution in [2.45, 2.75) is 16.0 Å². The van der Waals surface area contributed by atoms with Crippen molar-refractivity contribution < 1.29 is 30.0 Å². The minimum absolute atomic E-state index is 0.0280. The summed E-state index contributed by atoms with van der Waals surface area (Å²) in [7, 11) is -8.21. The first-order chi connectivity index (χ1) is 10.9. The van der Waals surface area contributed by atoms with Gasteiger partial charge in [0.1, 0.15) is 0 Å². The summed E-state index contributed by atoms with van der Waals surface area (Å²) in [5.41, 5.74) is -1.13. The molecule has 0 saturated carbocycles. The first kappa shape index (κ1) is 18.2. The Kier molecular flexibility index (Phi) is 4.61. The van der Waals surface area contributed by atoms with E-state index in [1.807, 2.05) is 0 Å². The Balaban J connectivity index is 2.32. The fourth-order valence-electron chi connectivity index (χ4n) is 1.77. The number of alkyl halides is 3. The molecule has 0 spiro atoms. The molecule has 130 valence electrons. The van der Waals surface area contributed by atoms with Gasteiger partial charge in [-0.3, -0.25) is 4.72 Å². The number of hydrogen-bond donors (Lipinski definition) is 2. The highest BCUT2D eigenvalue weighted by molar-refractivity contribution is 7.92. The number of benzene rings is 2. The van der Waals surface area contributed by atoms with Gasteiger partial charge < -0.3 is 0 Å². The largest absolute Gasteiger partial charge is 0.416 e. The van der Waals surface area contributed by atoms with Gasteiger partial charge in [0.25, 0.3) is 10.0 Å². The molecule has 3 N–H and O–H groups in total. The highest BCUT2D eigenvalue weighted by Crippen LogP contribution is 2.30. The van der Waals surface area contributed by atoms with Gasteiger partial charge in [0.05, 0.1) is 15.4 Å². The van der Waals surface area contributed by atoms with Crippen LogP contribution in [0.2, 0.25) is 0 Å². The number of rotatable bonds is 4. The second-order valence-corrected chi connectivity index (χ2v) is 7.94. The zero-order valence-corrected chi connectivity index (χ0v) is 13.4. The average molecular weight is 380 g/mol. The Morgan fingerprint density at radius 1 is 0.875 bits per heavy atom. The van der Waals surface area contributed by atoms with E-state index in [1.54, 1.807) is 0 Å². The number of hydrogen-bond acceptors (Lipinski definition) is 4. The quantitative estimate of drug-likeness (QED) is 0.848. The van der Waals surface area contributed by atoms with Crippen LogP contribution in [0.25, 0.3) is 0 Å². The number of halogens is 3. The fourth-order valence-corrected chi connectivity index (χ4v) is 3.39. The van der Waals surface area contributed by atoms with Gasteiger partial charge in [-0.2, -0.15) is 13.2 Å². The monoisotopic (exact) mass is 380 g/mol. The van der Waals surface area contributed by atoms with E-state index in [2.05, 4.69) is 4.72 Å². The van der Waals surface area contributed by atoms with Crippen molar-refractivity contribution in [2.75, 3.05) is 4.72 Å². The maximum absolute atomic E-state index is 12.7. The van der Waals surface area contributed by atoms with Crippen molar-refractivity contribution in [3.05, 3.63) is 54.1 Å². The van der Waals surface area contributed by atoms with E-state index < -0.39 is 36.7 Å². The van der Waals surface area contributed by atoms with Gasteiger partial charge in [0.15, 0.2) is 0 Å². The van der Waals surface area contributed by atoms with E-state index in [-0.39, 0.29) is 10.6 Å². The lowest BCUT2D eigenvalue weighted by Gasteiger charge is -2.11. The van der Waals surface area contributed by atoms with Crippen LogP contribution in [0.3, 0.4) is 0 Å². The molecule has 0 aliphatic rings. The molecule has 0 fully saturated rings. The maximum Gasteiger partial charge on any atom is 0.416 e. The Bertz CT molecular complexity index is 953. The summed E-state index contributed by atoms with van der Waals surface area (Å²) in [4.78, 5) is -0.808. The van der Waals surface area contributed by atoms with Crippen LogP contribution in [0.15, 0.2) is 58.3 Å². The summed E-state index contributed by atoms with van der Waals surface area (Å²) in [6, 6.07) is 7.63. The average Bonchev–Trinajstić information content (AvgIpc) is 2.46. The van der Waals surface area contributed by atoms with Crippen LogP contribution in [-0.4, -0.2) is 16.8 Å². The summed E-state index contributed by atoms with van der Waals surface area (Å²) in [6.07, 6.45) is -4.68. The molecule has 2 aromatic rings. The lowest BCUT2D eigenvalue weighted by Crippen LogP contribution is -2.15. The van der Waals surface area contributed by atoms with Crippen molar-refractivity contribution in [3.63, 3.8) is 0 Å². The van der Waals surface area contributed by atoms with Gasteiger partial charge in [0, 0.05) is 5.69 Å². The van der Waals surface area contributed by atoms with Gasteiger partial charge in [-0.15, -0.1) is 0 Å². The molecule has 2 rings (SSSR count). The molecule has 2 aromatic carbocycles. The third-order valence-corrected chi connectivity index (χ3v) is 5.21. The fraction of sp³-hybridized carbons (Fsp3) is 0.0769. The van der Waals surface area contributed by atoms with E-state index in [0.717, 1.165) is 42.5 Å². The van der Waals surface area contributed by atoms with Gasteiger partial charge in [-0.1, -0.05) is 6.07 Å². The van der Waals surface area contributed by atoms with E-state index in [1.165, 1.54) is 0 Å². The molecule has 24 heavy (non-hydrogen) atoms. The van der Waals surface area contributed by atoms with E-state index in [9.17, 15) is 30.0 Å². The third-order valence-electron chi connectivity index (χ3n) is 2.91. The molecule has 11 heteroatoms. The van der Waals surface area contributed by atoms with Crippen molar-refractivity contribution in [2.24, 2.45) is 5.14 Å². The predicted octanol–water partition coefficient (Wildman–Crippen LogP) is 2.15. The first-order valence-corrected chi connectivity index (χ1v) is 9.25. The predicted molar refractivity (Wildman–Crippen MR) is 80.1 cm³/mol. The zero-order valence-electron chi connectivity index (χ0n) is 11.8. The summed E-state index contributed by atoms with van der Waals surface area (Å²) < 4.78 is 86.5. The maximum atomic E-state index is 12.7. The summed E-state index contributed by atoms with van der Waals surface area (Å²) in [6.45, 7) is 0. The second-order valence-electron chi connectivity index (χ2n) is 4.70. The van der Waals surface area contributed by atoms with E-state index >= 15 is 0 Å². The lowest BCUT2D eigenvalue weighted by molar-refractivity contribution is -0.137. The summed E-state index contributed by atoms with van der Waals surface area (Å²) in [5, 5.41) is 4.91. The molecule has 0 heterocycles. The van der Waals surface area contributed by atoms with Crippen LogP contribution < -0.4 is 9.86 Å². The molecule has 0 unspecified atom stereocenters. The second kappa shape index (κ2) is 6.07. The highest BCUT2D eigenvalue weighted by atomic mass is 32.2. The van der Waals surface area contributed by atoms with Crippen LogP contribution in [0.4, 0.5) is 18.9 Å². The first-order valence-electron chi connectivity index (χ1n) is 6.22. The molecule has 0 saturated heterocycles. The molecule has 0 aromatic heterocycles. The van der Waals surface area contributed by atoms with E-state index in [4.69, 9.17) is 5.14 Å². The molecular formula is C13H11F3N2O4S2. The van der Waals surface area contributed by atoms with Gasteiger partial charge in [-0.05, 0) is 42.5 Å². The Labute approximate surface area is 136 Å². The van der Waals surface area contributed by atoms with Crippen LogP contribution in [0.1, 0.15) is 5.56 Å². The number of nitrogens with one attached hydrogen (secondary N) is 1. The number of primary sulfonamides is 1.